The molecule has 0 fully saturated rings. The first kappa shape index (κ1) is 12.3. The Morgan fingerprint density at radius 1 is 0.783 bits per heavy atom. The summed E-state index contributed by atoms with van der Waals surface area (Å²) in [6.07, 6.45) is 3.58. The van der Waals surface area contributed by atoms with Crippen molar-refractivity contribution in [3.05, 3.63) is 67.0 Å². The van der Waals surface area contributed by atoms with Gasteiger partial charge in [0, 0.05) is 22.5 Å². The Bertz CT molecular complexity index is 1170. The Balaban J connectivity index is 1.81. The van der Waals surface area contributed by atoms with Crippen LogP contribution in [0, 0.1) is 0 Å². The van der Waals surface area contributed by atoms with Crippen molar-refractivity contribution in [2.75, 3.05) is 0 Å². The van der Waals surface area contributed by atoms with Gasteiger partial charge in [0.1, 0.15) is 11.1 Å². The van der Waals surface area contributed by atoms with Crippen LogP contribution < -0.4 is 0 Å². The fourth-order valence-electron chi connectivity index (χ4n) is 2.92. The molecule has 5 aromatic rings. The quantitative estimate of drug-likeness (QED) is 0.454. The number of rotatable bonds is 1. The molecule has 4 nitrogen and oxygen atoms in total. The minimum absolute atomic E-state index is 0.552. The summed E-state index contributed by atoms with van der Waals surface area (Å²) in [6.45, 7) is 0. The van der Waals surface area contributed by atoms with E-state index in [1.807, 2.05) is 54.6 Å². The van der Waals surface area contributed by atoms with E-state index in [1.165, 1.54) is 0 Å². The highest BCUT2D eigenvalue weighted by Gasteiger charge is 2.12. The summed E-state index contributed by atoms with van der Waals surface area (Å²) in [5.41, 5.74) is 4.78. The third-order valence-corrected chi connectivity index (χ3v) is 4.00. The van der Waals surface area contributed by atoms with Gasteiger partial charge in [-0.2, -0.15) is 0 Å². The van der Waals surface area contributed by atoms with Gasteiger partial charge >= 0.3 is 0 Å². The molecule has 108 valence electrons. The second-order valence-electron chi connectivity index (χ2n) is 5.39. The Labute approximate surface area is 131 Å². The molecule has 0 unspecified atom stereocenters. The summed E-state index contributed by atoms with van der Waals surface area (Å²) in [7, 11) is 0. The lowest BCUT2D eigenvalue weighted by Gasteiger charge is -2.04. The first-order valence-corrected chi connectivity index (χ1v) is 7.38. The topological polar surface area (TPSA) is 51.8 Å². The number of pyridine rings is 1. The fraction of sp³-hybridized carbons (Fsp3) is 0. The van der Waals surface area contributed by atoms with E-state index in [1.54, 1.807) is 12.4 Å². The number of aromatic nitrogens is 3. The molecule has 0 spiro atoms. The molecule has 0 N–H and O–H groups in total. The molecule has 4 heteroatoms. The molecule has 0 atom stereocenters. The molecular weight excluding hydrogens is 286 g/mol. The van der Waals surface area contributed by atoms with Gasteiger partial charge in [0.05, 0.1) is 17.4 Å². The number of para-hydroxylation sites is 2. The molecule has 3 aromatic heterocycles. The normalized spacial score (nSPS) is 11.5. The lowest BCUT2D eigenvalue weighted by Crippen LogP contribution is -1.89. The number of fused-ring (bicyclic) bond motifs is 4. The van der Waals surface area contributed by atoms with E-state index in [-0.39, 0.29) is 0 Å². The minimum Gasteiger partial charge on any atom is -0.436 e. The molecule has 0 aliphatic rings. The first-order valence-electron chi connectivity index (χ1n) is 7.38. The van der Waals surface area contributed by atoms with Crippen LogP contribution in [0.2, 0.25) is 0 Å². The van der Waals surface area contributed by atoms with Crippen LogP contribution in [0.3, 0.4) is 0 Å². The van der Waals surface area contributed by atoms with E-state index in [9.17, 15) is 0 Å². The summed E-state index contributed by atoms with van der Waals surface area (Å²) >= 11 is 0. The van der Waals surface area contributed by atoms with Gasteiger partial charge in [0.15, 0.2) is 0 Å². The zero-order chi connectivity index (χ0) is 15.2. The maximum atomic E-state index is 5.83. The Kier molecular flexibility index (Phi) is 2.46. The second-order valence-corrected chi connectivity index (χ2v) is 5.39. The van der Waals surface area contributed by atoms with Gasteiger partial charge in [-0.05, 0) is 18.2 Å². The van der Waals surface area contributed by atoms with E-state index >= 15 is 0 Å². The van der Waals surface area contributed by atoms with Crippen molar-refractivity contribution in [3.8, 4) is 11.3 Å². The average molecular weight is 297 g/mol. The third-order valence-electron chi connectivity index (χ3n) is 4.00. The van der Waals surface area contributed by atoms with Gasteiger partial charge in [-0.1, -0.05) is 36.4 Å². The number of hydrogen-bond donors (Lipinski definition) is 0. The number of hydrogen-bond acceptors (Lipinski definition) is 4. The molecular formula is C19H11N3O. The molecule has 0 bridgehead atoms. The number of nitrogens with zero attached hydrogens (tertiary/aromatic N) is 3. The summed E-state index contributed by atoms with van der Waals surface area (Å²) in [5, 5.41) is 2.06. The Morgan fingerprint density at radius 2 is 1.70 bits per heavy atom. The van der Waals surface area contributed by atoms with E-state index in [4.69, 9.17) is 4.42 Å². The summed E-state index contributed by atoms with van der Waals surface area (Å²) in [5.74, 6) is 0. The van der Waals surface area contributed by atoms with E-state index in [0.717, 1.165) is 38.6 Å². The lowest BCUT2D eigenvalue weighted by atomic mass is 10.1. The molecule has 0 aliphatic heterocycles. The zero-order valence-corrected chi connectivity index (χ0v) is 12.1. The van der Waals surface area contributed by atoms with Crippen LogP contribution in [0.5, 0.6) is 0 Å². The fourth-order valence-corrected chi connectivity index (χ4v) is 2.92. The molecule has 3 heterocycles. The van der Waals surface area contributed by atoms with Crippen molar-refractivity contribution < 1.29 is 4.42 Å². The van der Waals surface area contributed by atoms with E-state index in [0.29, 0.717) is 5.71 Å². The third kappa shape index (κ3) is 1.82. The van der Waals surface area contributed by atoms with Crippen LogP contribution in [0.15, 0.2) is 71.4 Å². The van der Waals surface area contributed by atoms with Crippen LogP contribution in [0.25, 0.3) is 44.4 Å². The molecule has 0 amide bonds. The molecule has 23 heavy (non-hydrogen) atoms. The van der Waals surface area contributed by atoms with Gasteiger partial charge in [0.25, 0.3) is 0 Å². The number of benzene rings is 2. The van der Waals surface area contributed by atoms with Crippen molar-refractivity contribution in [1.29, 1.82) is 0 Å². The largest absolute Gasteiger partial charge is 0.436 e. The Hall–Kier alpha value is -3.27. The standard InChI is InChI=1S/C19H11N3O/c1-2-9-16-14(7-1)18-19(23-16)22-15(11-21-18)13-8-3-5-12-6-4-10-20-17(12)13/h1-11H. The van der Waals surface area contributed by atoms with Crippen LogP contribution in [-0.4, -0.2) is 15.0 Å². The molecule has 0 saturated carbocycles. The SMILES string of the molecule is c1cnc2c(-c3cnc4c(n3)oc3ccccc34)cccc2c1. The van der Waals surface area contributed by atoms with Crippen molar-refractivity contribution >= 4 is 33.1 Å². The monoisotopic (exact) mass is 297 g/mol. The highest BCUT2D eigenvalue weighted by atomic mass is 16.3. The lowest BCUT2D eigenvalue weighted by molar-refractivity contribution is 0.653. The molecule has 0 aliphatic carbocycles. The van der Waals surface area contributed by atoms with E-state index < -0.39 is 0 Å². The van der Waals surface area contributed by atoms with Crippen LogP contribution in [0.1, 0.15) is 0 Å². The van der Waals surface area contributed by atoms with Crippen LogP contribution in [0.4, 0.5) is 0 Å². The highest BCUT2D eigenvalue weighted by Crippen LogP contribution is 2.30. The molecule has 5 rings (SSSR count). The van der Waals surface area contributed by atoms with Gasteiger partial charge < -0.3 is 4.42 Å². The van der Waals surface area contributed by atoms with E-state index in [2.05, 4.69) is 15.0 Å². The van der Waals surface area contributed by atoms with Crippen molar-refractivity contribution in [3.63, 3.8) is 0 Å². The summed E-state index contributed by atoms with van der Waals surface area (Å²) < 4.78 is 5.83. The van der Waals surface area contributed by atoms with Crippen molar-refractivity contribution in [1.82, 2.24) is 15.0 Å². The van der Waals surface area contributed by atoms with Crippen LogP contribution >= 0.6 is 0 Å². The van der Waals surface area contributed by atoms with Crippen molar-refractivity contribution in [2.45, 2.75) is 0 Å². The Morgan fingerprint density at radius 3 is 2.70 bits per heavy atom. The van der Waals surface area contributed by atoms with Crippen molar-refractivity contribution in [2.24, 2.45) is 0 Å². The molecule has 2 aromatic carbocycles. The van der Waals surface area contributed by atoms with Crippen LogP contribution in [-0.2, 0) is 0 Å². The highest BCUT2D eigenvalue weighted by molar-refractivity contribution is 6.01. The second kappa shape index (κ2) is 4.61. The smallest absolute Gasteiger partial charge is 0.246 e. The van der Waals surface area contributed by atoms with Gasteiger partial charge in [-0.25, -0.2) is 9.97 Å². The molecule has 0 radical (unpaired) electrons. The van der Waals surface area contributed by atoms with Gasteiger partial charge in [-0.3, -0.25) is 4.98 Å². The summed E-state index contributed by atoms with van der Waals surface area (Å²) in [4.78, 5) is 13.7. The summed E-state index contributed by atoms with van der Waals surface area (Å²) in [6, 6.07) is 17.9. The van der Waals surface area contributed by atoms with Gasteiger partial charge in [0.2, 0.25) is 5.71 Å². The minimum atomic E-state index is 0.552. The van der Waals surface area contributed by atoms with Gasteiger partial charge in [-0.15, -0.1) is 0 Å². The number of furan rings is 1. The zero-order valence-electron chi connectivity index (χ0n) is 12.1. The maximum absolute atomic E-state index is 5.83. The molecule has 0 saturated heterocycles. The first-order chi connectivity index (χ1) is 11.4. The maximum Gasteiger partial charge on any atom is 0.246 e. The predicted molar refractivity (Wildman–Crippen MR) is 90.0 cm³/mol. The average Bonchev–Trinajstić information content (AvgIpc) is 2.99. The predicted octanol–water partition coefficient (Wildman–Crippen LogP) is 4.59.